The lowest BCUT2D eigenvalue weighted by Gasteiger charge is -2.26. The van der Waals surface area contributed by atoms with Gasteiger partial charge in [-0.15, -0.1) is 0 Å². The highest BCUT2D eigenvalue weighted by atomic mass is 35.5. The molecule has 5 nitrogen and oxygen atoms in total. The molecular formula is C19H24ClN3O2. The molecule has 6 heteroatoms. The van der Waals surface area contributed by atoms with Crippen LogP contribution in [-0.2, 0) is 16.0 Å². The molecule has 1 amide bonds. The number of hydrogen-bond donors (Lipinski definition) is 1. The molecule has 0 spiro atoms. The summed E-state index contributed by atoms with van der Waals surface area (Å²) in [6.45, 7) is 5.32. The molecule has 0 bridgehead atoms. The van der Waals surface area contributed by atoms with Crippen molar-refractivity contribution in [2.45, 2.75) is 12.8 Å². The van der Waals surface area contributed by atoms with Crippen LogP contribution < -0.4 is 5.32 Å². The second-order valence-corrected chi connectivity index (χ2v) is 6.62. The Labute approximate surface area is 153 Å². The molecule has 3 rings (SSSR count). The fraction of sp³-hybridized carbons (Fsp3) is 0.421. The Bertz CT molecular complexity index is 678. The van der Waals surface area contributed by atoms with Crippen LogP contribution in [0.1, 0.15) is 12.1 Å². The van der Waals surface area contributed by atoms with Crippen molar-refractivity contribution in [2.75, 3.05) is 39.4 Å². The normalized spacial score (nSPS) is 15.2. The predicted octanol–water partition coefficient (Wildman–Crippen LogP) is 2.51. The first-order valence-electron chi connectivity index (χ1n) is 8.71. The van der Waals surface area contributed by atoms with Crippen molar-refractivity contribution in [1.82, 2.24) is 14.8 Å². The molecule has 1 N–H and O–H groups in total. The van der Waals surface area contributed by atoms with Gasteiger partial charge in [0, 0.05) is 42.2 Å². The SMILES string of the molecule is O=C(Cc1cccn1-c1ccc(Cl)cc1)NCCCN1CCOCC1. The van der Waals surface area contributed by atoms with Crippen molar-refractivity contribution in [3.05, 3.63) is 53.3 Å². The van der Waals surface area contributed by atoms with Gasteiger partial charge in [-0.05, 0) is 49.4 Å². The summed E-state index contributed by atoms with van der Waals surface area (Å²) >= 11 is 5.94. The number of nitrogens with zero attached hydrogens (tertiary/aromatic N) is 2. The molecule has 1 saturated heterocycles. The number of hydrogen-bond acceptors (Lipinski definition) is 3. The molecule has 2 heterocycles. The number of carbonyl (C=O) groups is 1. The summed E-state index contributed by atoms with van der Waals surface area (Å²) in [5.74, 6) is 0.0518. The van der Waals surface area contributed by atoms with Gasteiger partial charge in [-0.1, -0.05) is 11.6 Å². The van der Waals surface area contributed by atoms with Gasteiger partial charge in [-0.2, -0.15) is 0 Å². The van der Waals surface area contributed by atoms with E-state index in [9.17, 15) is 4.79 Å². The Kier molecular flexibility index (Phi) is 6.50. The lowest BCUT2D eigenvalue weighted by atomic mass is 10.2. The van der Waals surface area contributed by atoms with Gasteiger partial charge in [0.1, 0.15) is 0 Å². The number of morpholine rings is 1. The zero-order valence-electron chi connectivity index (χ0n) is 14.3. The molecule has 0 saturated carbocycles. The fourth-order valence-electron chi connectivity index (χ4n) is 3.00. The Morgan fingerprint density at radius 3 is 2.68 bits per heavy atom. The van der Waals surface area contributed by atoms with Gasteiger partial charge in [-0.3, -0.25) is 9.69 Å². The molecule has 2 aromatic rings. The van der Waals surface area contributed by atoms with Crippen molar-refractivity contribution in [2.24, 2.45) is 0 Å². The molecule has 0 aliphatic carbocycles. The summed E-state index contributed by atoms with van der Waals surface area (Å²) in [6.07, 6.45) is 3.29. The summed E-state index contributed by atoms with van der Waals surface area (Å²) in [5, 5.41) is 3.72. The third-order valence-electron chi connectivity index (χ3n) is 4.36. The number of carbonyl (C=O) groups excluding carboxylic acids is 1. The molecule has 0 unspecified atom stereocenters. The van der Waals surface area contributed by atoms with Crippen LogP contribution in [0.4, 0.5) is 0 Å². The van der Waals surface area contributed by atoms with E-state index >= 15 is 0 Å². The van der Waals surface area contributed by atoms with Crippen molar-refractivity contribution in [1.29, 1.82) is 0 Å². The summed E-state index contributed by atoms with van der Waals surface area (Å²) in [4.78, 5) is 14.6. The van der Waals surface area contributed by atoms with Gasteiger partial charge in [0.25, 0.3) is 0 Å². The highest BCUT2D eigenvalue weighted by Crippen LogP contribution is 2.16. The van der Waals surface area contributed by atoms with Crippen LogP contribution >= 0.6 is 11.6 Å². The lowest BCUT2D eigenvalue weighted by molar-refractivity contribution is -0.120. The van der Waals surface area contributed by atoms with E-state index in [0.29, 0.717) is 18.0 Å². The second-order valence-electron chi connectivity index (χ2n) is 6.18. The maximum atomic E-state index is 12.2. The maximum Gasteiger partial charge on any atom is 0.225 e. The van der Waals surface area contributed by atoms with Gasteiger partial charge in [0.15, 0.2) is 0 Å². The van der Waals surface area contributed by atoms with E-state index in [-0.39, 0.29) is 5.91 Å². The molecule has 0 atom stereocenters. The standard InChI is InChI=1S/C19H24ClN3O2/c20-16-4-6-17(7-5-16)23-10-1-3-18(23)15-19(24)21-8-2-9-22-11-13-25-14-12-22/h1,3-7,10H,2,8-9,11-15H2,(H,21,24). The van der Waals surface area contributed by atoms with Gasteiger partial charge >= 0.3 is 0 Å². The predicted molar refractivity (Wildman–Crippen MR) is 99.4 cm³/mol. The summed E-state index contributed by atoms with van der Waals surface area (Å²) in [7, 11) is 0. The summed E-state index contributed by atoms with van der Waals surface area (Å²) in [6, 6.07) is 11.5. The van der Waals surface area contributed by atoms with Crippen LogP contribution in [0, 0.1) is 0 Å². The zero-order chi connectivity index (χ0) is 17.5. The maximum absolute atomic E-state index is 12.2. The topological polar surface area (TPSA) is 46.5 Å². The monoisotopic (exact) mass is 361 g/mol. The number of ether oxygens (including phenoxy) is 1. The van der Waals surface area contributed by atoms with Crippen LogP contribution in [0.3, 0.4) is 0 Å². The molecule has 1 aliphatic heterocycles. The number of amides is 1. The first kappa shape index (κ1) is 18.0. The van der Waals surface area contributed by atoms with Crippen LogP contribution in [0.25, 0.3) is 5.69 Å². The van der Waals surface area contributed by atoms with E-state index in [1.807, 2.05) is 47.2 Å². The van der Waals surface area contributed by atoms with Crippen molar-refractivity contribution >= 4 is 17.5 Å². The molecule has 134 valence electrons. The minimum absolute atomic E-state index is 0.0518. The Morgan fingerprint density at radius 1 is 1.16 bits per heavy atom. The molecule has 1 aliphatic rings. The molecule has 1 aromatic carbocycles. The summed E-state index contributed by atoms with van der Waals surface area (Å²) in [5.41, 5.74) is 1.97. The third kappa shape index (κ3) is 5.33. The molecule has 0 radical (unpaired) electrons. The number of aromatic nitrogens is 1. The molecule has 1 aromatic heterocycles. The number of nitrogens with one attached hydrogen (secondary N) is 1. The van der Waals surface area contributed by atoms with E-state index < -0.39 is 0 Å². The molecule has 25 heavy (non-hydrogen) atoms. The largest absolute Gasteiger partial charge is 0.379 e. The minimum Gasteiger partial charge on any atom is -0.379 e. The number of halogens is 1. The molecular weight excluding hydrogens is 338 g/mol. The highest BCUT2D eigenvalue weighted by molar-refractivity contribution is 6.30. The minimum atomic E-state index is 0.0518. The van der Waals surface area contributed by atoms with E-state index in [4.69, 9.17) is 16.3 Å². The summed E-state index contributed by atoms with van der Waals surface area (Å²) < 4.78 is 7.35. The lowest BCUT2D eigenvalue weighted by Crippen LogP contribution is -2.38. The third-order valence-corrected chi connectivity index (χ3v) is 4.61. The van der Waals surface area contributed by atoms with Crippen molar-refractivity contribution < 1.29 is 9.53 Å². The van der Waals surface area contributed by atoms with Crippen LogP contribution in [0.5, 0.6) is 0 Å². The molecule has 1 fully saturated rings. The van der Waals surface area contributed by atoms with Gasteiger partial charge < -0.3 is 14.6 Å². The van der Waals surface area contributed by atoms with Gasteiger partial charge in [0.2, 0.25) is 5.91 Å². The van der Waals surface area contributed by atoms with E-state index in [1.54, 1.807) is 0 Å². The van der Waals surface area contributed by atoms with Crippen molar-refractivity contribution in [3.63, 3.8) is 0 Å². The number of benzene rings is 1. The Hall–Kier alpha value is -1.82. The van der Waals surface area contributed by atoms with Crippen LogP contribution in [0.2, 0.25) is 5.02 Å². The Morgan fingerprint density at radius 2 is 1.92 bits per heavy atom. The van der Waals surface area contributed by atoms with E-state index in [1.165, 1.54) is 0 Å². The fourth-order valence-corrected chi connectivity index (χ4v) is 3.12. The van der Waals surface area contributed by atoms with Crippen molar-refractivity contribution in [3.8, 4) is 5.69 Å². The van der Waals surface area contributed by atoms with Gasteiger partial charge in [-0.25, -0.2) is 0 Å². The van der Waals surface area contributed by atoms with E-state index in [2.05, 4.69) is 10.2 Å². The van der Waals surface area contributed by atoms with Crippen LogP contribution in [-0.4, -0.2) is 54.8 Å². The van der Waals surface area contributed by atoms with E-state index in [0.717, 1.165) is 50.7 Å². The zero-order valence-corrected chi connectivity index (χ0v) is 15.0. The average Bonchev–Trinajstić information content (AvgIpc) is 3.08. The first-order chi connectivity index (χ1) is 12.2. The highest BCUT2D eigenvalue weighted by Gasteiger charge is 2.11. The first-order valence-corrected chi connectivity index (χ1v) is 9.09. The Balaban J connectivity index is 1.45. The van der Waals surface area contributed by atoms with Crippen LogP contribution in [0.15, 0.2) is 42.6 Å². The quantitative estimate of drug-likeness (QED) is 0.771. The smallest absolute Gasteiger partial charge is 0.225 e. The second kappa shape index (κ2) is 9.04. The van der Waals surface area contributed by atoms with Gasteiger partial charge in [0.05, 0.1) is 19.6 Å². The number of rotatable bonds is 7. The average molecular weight is 362 g/mol.